The molecule has 0 rings (SSSR count). The van der Waals surface area contributed by atoms with Crippen molar-refractivity contribution in [1.82, 2.24) is 0 Å². The molecule has 0 aliphatic rings. The first-order valence-electron chi connectivity index (χ1n) is 4.57. The minimum atomic E-state index is -3.13. The van der Waals surface area contributed by atoms with Crippen LogP contribution in [0.15, 0.2) is 0 Å². The van der Waals surface area contributed by atoms with Gasteiger partial charge in [-0.3, -0.25) is 9.36 Å². The number of carbonyl (C=O) groups excluding carboxylic acids is 1. The number of aliphatic hydroxyl groups is 6. The second kappa shape index (κ2) is 10.5. The van der Waals surface area contributed by atoms with Gasteiger partial charge in [-0.2, -0.15) is 0 Å². The van der Waals surface area contributed by atoms with Gasteiger partial charge in [-0.05, 0) is 0 Å². The largest absolute Gasteiger partial charge is 0.394 e. The lowest BCUT2D eigenvalue weighted by molar-refractivity contribution is -0.149. The van der Waals surface area contributed by atoms with E-state index in [0.29, 0.717) is 0 Å². The average molecular weight is 292 g/mol. The molecular formula is C7H17O10P. The topological polar surface area (TPSA) is 196 Å². The predicted octanol–water partition coefficient (Wildman–Crippen LogP) is -4.66. The van der Waals surface area contributed by atoms with Crippen LogP contribution in [0.4, 0.5) is 0 Å². The highest BCUT2D eigenvalue weighted by Gasteiger charge is 2.33. The molecule has 0 spiro atoms. The summed E-state index contributed by atoms with van der Waals surface area (Å²) in [5, 5.41) is 52.7. The molecule has 0 heterocycles. The quantitative estimate of drug-likeness (QED) is 0.220. The number of Topliss-reactive ketones (excluding diaryl/α,β-unsaturated/α-hetero) is 1. The van der Waals surface area contributed by atoms with E-state index in [1.54, 1.807) is 0 Å². The highest BCUT2D eigenvalue weighted by molar-refractivity contribution is 7.30. The van der Waals surface area contributed by atoms with E-state index in [1.807, 2.05) is 0 Å². The Morgan fingerprint density at radius 2 is 1.39 bits per heavy atom. The van der Waals surface area contributed by atoms with E-state index in [0.717, 1.165) is 0 Å². The van der Waals surface area contributed by atoms with Gasteiger partial charge in [0.25, 0.3) is 0 Å². The molecule has 0 saturated carbocycles. The molecule has 0 fully saturated rings. The number of aliphatic hydroxyl groups excluding tert-OH is 6. The molecular weight excluding hydrogens is 275 g/mol. The van der Waals surface area contributed by atoms with E-state index in [-0.39, 0.29) is 0 Å². The standard InChI is InChI=1S/C7H14O7.H3O3P/c8-1-3(10)5(12)7(14)6(13)4(11)2-9;1-4(2)3/h3,5-10,12-14H,1-2H2;4H,(H2,1,2,3). The van der Waals surface area contributed by atoms with Gasteiger partial charge in [0.05, 0.1) is 6.61 Å². The van der Waals surface area contributed by atoms with Gasteiger partial charge in [0, 0.05) is 0 Å². The number of carbonyl (C=O) groups is 1. The van der Waals surface area contributed by atoms with Gasteiger partial charge in [0.1, 0.15) is 31.0 Å². The third-order valence-electron chi connectivity index (χ3n) is 1.74. The Morgan fingerprint density at radius 1 is 1.00 bits per heavy atom. The van der Waals surface area contributed by atoms with Crippen molar-refractivity contribution in [3.8, 4) is 0 Å². The zero-order valence-electron chi connectivity index (χ0n) is 9.12. The van der Waals surface area contributed by atoms with E-state index < -0.39 is 51.7 Å². The van der Waals surface area contributed by atoms with E-state index in [1.165, 1.54) is 0 Å². The van der Waals surface area contributed by atoms with E-state index >= 15 is 0 Å². The predicted molar refractivity (Wildman–Crippen MR) is 56.6 cm³/mol. The van der Waals surface area contributed by atoms with Crippen molar-refractivity contribution < 1.29 is 49.8 Å². The fraction of sp³-hybridized carbons (Fsp3) is 0.857. The molecule has 0 aromatic carbocycles. The second-order valence-electron chi connectivity index (χ2n) is 3.08. The van der Waals surface area contributed by atoms with Crippen molar-refractivity contribution in [2.45, 2.75) is 24.4 Å². The molecule has 0 aliphatic heterocycles. The summed E-state index contributed by atoms with van der Waals surface area (Å²) < 4.78 is 8.74. The lowest BCUT2D eigenvalue weighted by Gasteiger charge is -2.24. The maximum Gasteiger partial charge on any atom is 0.314 e. The van der Waals surface area contributed by atoms with Crippen LogP contribution in [0.25, 0.3) is 0 Å². The zero-order valence-corrected chi connectivity index (χ0v) is 10.1. The van der Waals surface area contributed by atoms with Crippen molar-refractivity contribution in [2.24, 2.45) is 0 Å². The van der Waals surface area contributed by atoms with Crippen molar-refractivity contribution in [3.63, 3.8) is 0 Å². The molecule has 0 amide bonds. The van der Waals surface area contributed by atoms with Crippen molar-refractivity contribution in [2.75, 3.05) is 13.2 Å². The van der Waals surface area contributed by atoms with Crippen LogP contribution in [0.1, 0.15) is 0 Å². The third kappa shape index (κ3) is 8.64. The summed E-state index contributed by atoms with van der Waals surface area (Å²) >= 11 is 0. The minimum absolute atomic E-state index is 0.821. The smallest absolute Gasteiger partial charge is 0.314 e. The Bertz CT molecular complexity index is 255. The monoisotopic (exact) mass is 292 g/mol. The third-order valence-corrected chi connectivity index (χ3v) is 1.74. The minimum Gasteiger partial charge on any atom is -0.394 e. The van der Waals surface area contributed by atoms with E-state index in [9.17, 15) is 4.79 Å². The number of rotatable bonds is 6. The van der Waals surface area contributed by atoms with Gasteiger partial charge in [0.2, 0.25) is 0 Å². The lowest BCUT2D eigenvalue weighted by Crippen LogP contribution is -2.49. The molecule has 10 nitrogen and oxygen atoms in total. The van der Waals surface area contributed by atoms with E-state index in [4.69, 9.17) is 45.0 Å². The molecule has 4 unspecified atom stereocenters. The lowest BCUT2D eigenvalue weighted by atomic mass is 10.0. The summed E-state index contributed by atoms with van der Waals surface area (Å²) in [4.78, 5) is 25.0. The number of hydrogen-bond acceptors (Lipinski definition) is 8. The van der Waals surface area contributed by atoms with Crippen LogP contribution in [0.2, 0.25) is 0 Å². The summed E-state index contributed by atoms with van der Waals surface area (Å²) in [6.07, 6.45) is -7.45. The highest BCUT2D eigenvalue weighted by atomic mass is 31.1. The molecule has 8 N–H and O–H groups in total. The van der Waals surface area contributed by atoms with Crippen LogP contribution in [0.3, 0.4) is 0 Å². The van der Waals surface area contributed by atoms with Crippen molar-refractivity contribution in [3.05, 3.63) is 0 Å². The summed E-state index contributed by atoms with van der Waals surface area (Å²) in [7, 11) is -3.13. The molecule has 0 radical (unpaired) electrons. The Morgan fingerprint density at radius 3 is 1.67 bits per heavy atom. The van der Waals surface area contributed by atoms with Crippen LogP contribution in [0.5, 0.6) is 0 Å². The Labute approximate surface area is 102 Å². The summed E-state index contributed by atoms with van der Waals surface area (Å²) in [6.45, 7) is -1.81. The summed E-state index contributed by atoms with van der Waals surface area (Å²) in [5.74, 6) is -1.08. The van der Waals surface area contributed by atoms with Crippen LogP contribution in [0, 0.1) is 0 Å². The molecule has 0 aromatic rings. The molecule has 11 heteroatoms. The first kappa shape index (κ1) is 19.9. The first-order valence-corrected chi connectivity index (χ1v) is 5.87. The van der Waals surface area contributed by atoms with Crippen LogP contribution in [-0.2, 0) is 9.36 Å². The van der Waals surface area contributed by atoms with Crippen LogP contribution < -0.4 is 0 Å². The number of hydrogen-bond donors (Lipinski definition) is 8. The van der Waals surface area contributed by atoms with Crippen LogP contribution >= 0.6 is 8.25 Å². The maximum atomic E-state index is 10.7. The normalized spacial score (nSPS) is 17.4. The molecule has 4 atom stereocenters. The molecule has 0 aromatic heterocycles. The fourth-order valence-corrected chi connectivity index (χ4v) is 0.806. The summed E-state index contributed by atoms with van der Waals surface area (Å²) in [5.41, 5.74) is 0. The zero-order chi connectivity index (χ0) is 14.9. The van der Waals surface area contributed by atoms with Crippen LogP contribution in [-0.4, -0.2) is 83.8 Å². The molecule has 0 saturated heterocycles. The summed E-state index contributed by atoms with van der Waals surface area (Å²) in [6, 6.07) is 0. The number of ketones is 1. The Hall–Kier alpha value is -0.420. The molecule has 18 heavy (non-hydrogen) atoms. The highest BCUT2D eigenvalue weighted by Crippen LogP contribution is 2.05. The average Bonchev–Trinajstić information content (AvgIpc) is 2.33. The van der Waals surface area contributed by atoms with Gasteiger partial charge in [-0.1, -0.05) is 0 Å². The van der Waals surface area contributed by atoms with Crippen molar-refractivity contribution in [1.29, 1.82) is 0 Å². The van der Waals surface area contributed by atoms with Gasteiger partial charge in [-0.15, -0.1) is 0 Å². The molecule has 110 valence electrons. The first-order chi connectivity index (χ1) is 8.18. The van der Waals surface area contributed by atoms with Gasteiger partial charge < -0.3 is 40.4 Å². The van der Waals surface area contributed by atoms with Gasteiger partial charge >= 0.3 is 8.25 Å². The van der Waals surface area contributed by atoms with E-state index in [2.05, 4.69) is 0 Å². The fourth-order valence-electron chi connectivity index (χ4n) is 0.806. The molecule has 0 aliphatic carbocycles. The van der Waals surface area contributed by atoms with Crippen molar-refractivity contribution >= 4 is 14.0 Å². The second-order valence-corrected chi connectivity index (χ2v) is 3.65. The van der Waals surface area contributed by atoms with Gasteiger partial charge in [0.15, 0.2) is 5.78 Å². The SMILES string of the molecule is O=C(CO)C(O)C(O)C(O)C(O)CO.O=[PH](O)O. The Kier molecular flexibility index (Phi) is 11.6. The van der Waals surface area contributed by atoms with Gasteiger partial charge in [-0.25, -0.2) is 0 Å². The Balaban J connectivity index is 0. The maximum absolute atomic E-state index is 10.7. The molecule has 0 bridgehead atoms.